The summed E-state index contributed by atoms with van der Waals surface area (Å²) in [4.78, 5) is 8.11. The van der Waals surface area contributed by atoms with Gasteiger partial charge in [-0.25, -0.2) is 0 Å². The molecule has 0 amide bonds. The molecule has 0 aliphatic heterocycles. The second kappa shape index (κ2) is 4.94. The van der Waals surface area contributed by atoms with Gasteiger partial charge in [-0.1, -0.05) is 0 Å². The van der Waals surface area contributed by atoms with Crippen LogP contribution in [0.5, 0.6) is 0 Å². The summed E-state index contributed by atoms with van der Waals surface area (Å²) in [5.41, 5.74) is 0. The lowest BCUT2D eigenvalue weighted by molar-refractivity contribution is 0.312. The van der Waals surface area contributed by atoms with Crippen LogP contribution in [0.3, 0.4) is 0 Å². The molecule has 74 valence electrons. The zero-order chi connectivity index (χ0) is 10.4. The fourth-order valence-corrected chi connectivity index (χ4v) is 0.978. The van der Waals surface area contributed by atoms with Crippen molar-refractivity contribution in [3.8, 4) is 0 Å². The summed E-state index contributed by atoms with van der Waals surface area (Å²) in [6.45, 7) is 0. The molecule has 0 aromatic heterocycles. The van der Waals surface area contributed by atoms with Crippen LogP contribution in [-0.2, 0) is 24.4 Å². The van der Waals surface area contributed by atoms with E-state index in [0.717, 1.165) is 0 Å². The molecule has 0 unspecified atom stereocenters. The van der Waals surface area contributed by atoms with Gasteiger partial charge in [0.1, 0.15) is 0 Å². The molecule has 0 saturated heterocycles. The lowest BCUT2D eigenvalue weighted by atomic mass is 13.4. The number of hydrogen-bond acceptors (Lipinski definition) is 7. The fourth-order valence-electron chi connectivity index (χ4n) is 0.109. The Bertz CT molecular complexity index is 274. The summed E-state index contributed by atoms with van der Waals surface area (Å²) >= 11 is 0. The maximum absolute atomic E-state index is 9.44. The highest BCUT2D eigenvalue weighted by Crippen LogP contribution is 1.91. The molecule has 0 heterocycles. The van der Waals surface area contributed by atoms with E-state index in [2.05, 4.69) is 3.63 Å². The van der Waals surface area contributed by atoms with Crippen LogP contribution in [0.4, 0.5) is 0 Å². The molecule has 0 rings (SSSR count). The minimum atomic E-state index is -5.12. The fraction of sp³-hybridized carbons (Fsp3) is 0. The third-order valence-electron chi connectivity index (χ3n) is 0.172. The van der Waals surface area contributed by atoms with Crippen LogP contribution < -0.4 is 0 Å². The van der Waals surface area contributed by atoms with Gasteiger partial charge in [-0.3, -0.25) is 9.11 Å². The largest absolute Gasteiger partial charge is 0.413 e. The van der Waals surface area contributed by atoms with E-state index in [-0.39, 0.29) is 0 Å². The Balaban J connectivity index is 0. The number of nitrogens with zero attached hydrogens (tertiary/aromatic N) is 1. The van der Waals surface area contributed by atoms with E-state index < -0.39 is 20.8 Å². The Hall–Kier alpha value is -0.820. The van der Waals surface area contributed by atoms with Crippen molar-refractivity contribution in [2.24, 2.45) is 5.34 Å². The Morgan fingerprint density at radius 2 is 1.17 bits per heavy atom. The maximum Gasteiger partial charge on any atom is 0.413 e. The van der Waals surface area contributed by atoms with Crippen molar-refractivity contribution in [2.45, 2.75) is 0 Å². The Labute approximate surface area is 66.6 Å². The molecule has 10 nitrogen and oxygen atoms in total. The van der Waals surface area contributed by atoms with Crippen LogP contribution in [-0.4, -0.2) is 31.1 Å². The van der Waals surface area contributed by atoms with E-state index in [4.69, 9.17) is 19.2 Å². The van der Waals surface area contributed by atoms with E-state index in [0.29, 0.717) is 0 Å². The molecule has 0 saturated carbocycles. The van der Waals surface area contributed by atoms with Gasteiger partial charge >= 0.3 is 20.8 Å². The zero-order valence-electron chi connectivity index (χ0n) is 5.05. The molecule has 12 heavy (non-hydrogen) atoms. The first-order chi connectivity index (χ1) is 5.12. The van der Waals surface area contributed by atoms with E-state index in [1.807, 2.05) is 0 Å². The lowest BCUT2D eigenvalue weighted by Gasteiger charge is -1.89. The van der Waals surface area contributed by atoms with Gasteiger partial charge in [0.05, 0.1) is 0 Å². The van der Waals surface area contributed by atoms with Gasteiger partial charge in [0.15, 0.2) is 5.34 Å². The lowest BCUT2D eigenvalue weighted by Crippen LogP contribution is -2.10. The average Bonchev–Trinajstić information content (AvgIpc) is 1.53. The van der Waals surface area contributed by atoms with E-state index in [9.17, 15) is 16.8 Å². The molecular formula is H3NO9S2. The van der Waals surface area contributed by atoms with Crippen molar-refractivity contribution in [2.75, 3.05) is 0 Å². The van der Waals surface area contributed by atoms with Crippen molar-refractivity contribution >= 4 is 20.8 Å². The molecule has 0 atom stereocenters. The molecule has 0 fully saturated rings. The monoisotopic (exact) mass is 225 g/mol. The zero-order valence-corrected chi connectivity index (χ0v) is 6.69. The van der Waals surface area contributed by atoms with Crippen molar-refractivity contribution in [3.05, 3.63) is 4.91 Å². The molecule has 3 N–H and O–H groups in total. The Morgan fingerprint density at radius 3 is 1.17 bits per heavy atom. The summed E-state index contributed by atoms with van der Waals surface area (Å²) in [6.07, 6.45) is 0. The Kier molecular flexibility index (Phi) is 5.66. The minimum absolute atomic E-state index is 1.25. The van der Waals surface area contributed by atoms with Gasteiger partial charge in [-0.05, 0) is 0 Å². The quantitative estimate of drug-likeness (QED) is 0.295. The predicted molar refractivity (Wildman–Crippen MR) is 31.8 cm³/mol. The van der Waals surface area contributed by atoms with Gasteiger partial charge in [-0.2, -0.15) is 16.8 Å². The third kappa shape index (κ3) is 22.9. The smallest absolute Gasteiger partial charge is 0.379 e. The van der Waals surface area contributed by atoms with E-state index >= 15 is 0 Å². The van der Waals surface area contributed by atoms with Gasteiger partial charge in [0, 0.05) is 0 Å². The van der Waals surface area contributed by atoms with Crippen LogP contribution in [0.15, 0.2) is 5.34 Å². The second-order valence-corrected chi connectivity index (χ2v) is 3.26. The summed E-state index contributed by atoms with van der Waals surface area (Å²) in [5, 5.41) is 7.89. The van der Waals surface area contributed by atoms with Gasteiger partial charge in [0.2, 0.25) is 0 Å². The molecule has 0 aliphatic carbocycles. The van der Waals surface area contributed by atoms with Gasteiger partial charge in [-0.15, -0.1) is 8.54 Å². The predicted octanol–water partition coefficient (Wildman–Crippen LogP) is -1.25. The molecule has 0 aliphatic rings. The Morgan fingerprint density at radius 1 is 1.00 bits per heavy atom. The standard InChI is InChI=1S/HNO2.H2O7S2/c2-1-3;1-8(2,3)7-9(4,5)6/h(H,2,3);(H,1,2,3)(H,4,5,6). The van der Waals surface area contributed by atoms with Gasteiger partial charge in [0.25, 0.3) is 0 Å². The van der Waals surface area contributed by atoms with Crippen LogP contribution in [0.25, 0.3) is 0 Å². The van der Waals surface area contributed by atoms with Crippen molar-refractivity contribution in [1.82, 2.24) is 0 Å². The van der Waals surface area contributed by atoms with Crippen LogP contribution in [0.1, 0.15) is 0 Å². The molecule has 0 bridgehead atoms. The summed E-state index contributed by atoms with van der Waals surface area (Å²) in [5.74, 6) is 0. The van der Waals surface area contributed by atoms with E-state index in [1.165, 1.54) is 5.34 Å². The molecule has 12 heteroatoms. The van der Waals surface area contributed by atoms with Crippen LogP contribution in [0.2, 0.25) is 0 Å². The highest BCUT2D eigenvalue weighted by molar-refractivity contribution is 7.94. The summed E-state index contributed by atoms with van der Waals surface area (Å²) in [6, 6.07) is 0. The first-order valence-corrected chi connectivity index (χ1v) is 4.48. The molecular weight excluding hydrogens is 222 g/mol. The molecule has 0 radical (unpaired) electrons. The summed E-state index contributed by atoms with van der Waals surface area (Å²) in [7, 11) is -10.2. The van der Waals surface area contributed by atoms with Crippen molar-refractivity contribution < 1.29 is 34.8 Å². The summed E-state index contributed by atoms with van der Waals surface area (Å²) < 4.78 is 55.6. The highest BCUT2D eigenvalue weighted by atomic mass is 32.3. The van der Waals surface area contributed by atoms with Crippen molar-refractivity contribution in [3.63, 3.8) is 0 Å². The third-order valence-corrected chi connectivity index (χ3v) is 1.55. The number of rotatable bonds is 2. The van der Waals surface area contributed by atoms with Crippen molar-refractivity contribution in [1.29, 1.82) is 0 Å². The second-order valence-electron chi connectivity index (χ2n) is 1.01. The first-order valence-electron chi connectivity index (χ1n) is 1.75. The molecule has 0 aromatic rings. The molecule has 0 spiro atoms. The normalized spacial score (nSPS) is 11.2. The topological polar surface area (TPSA) is 168 Å². The van der Waals surface area contributed by atoms with Crippen LogP contribution >= 0.6 is 0 Å². The highest BCUT2D eigenvalue weighted by Gasteiger charge is 2.15. The SMILES string of the molecule is O=NO.O=S(=O)(O)OS(=O)(=O)O. The minimum Gasteiger partial charge on any atom is -0.379 e. The van der Waals surface area contributed by atoms with Gasteiger partial charge < -0.3 is 5.21 Å². The average molecular weight is 225 g/mol. The van der Waals surface area contributed by atoms with E-state index in [1.54, 1.807) is 0 Å². The number of hydrogen-bond donors (Lipinski definition) is 3. The maximum atomic E-state index is 9.44. The molecule has 0 aromatic carbocycles. The van der Waals surface area contributed by atoms with Crippen LogP contribution in [0, 0.1) is 4.91 Å². The first kappa shape index (κ1) is 13.7.